The summed E-state index contributed by atoms with van der Waals surface area (Å²) >= 11 is 0. The summed E-state index contributed by atoms with van der Waals surface area (Å²) in [7, 11) is 1.76. The molecule has 2 N–H and O–H groups in total. The normalized spacial score (nSPS) is 17.0. The fourth-order valence-electron chi connectivity index (χ4n) is 3.15. The average molecular weight is 341 g/mol. The summed E-state index contributed by atoms with van der Waals surface area (Å²) < 4.78 is 0. The van der Waals surface area contributed by atoms with Crippen LogP contribution in [0.25, 0.3) is 11.3 Å². The van der Waals surface area contributed by atoms with Crippen molar-refractivity contribution in [1.29, 1.82) is 0 Å². The number of amides is 3. The molecule has 0 radical (unpaired) electrons. The van der Waals surface area contributed by atoms with Gasteiger partial charge < -0.3 is 15.1 Å². The number of H-pyrrole nitrogens is 1. The Balaban J connectivity index is 1.59. The molecule has 1 saturated heterocycles. The van der Waals surface area contributed by atoms with Crippen molar-refractivity contribution in [3.8, 4) is 11.3 Å². The maximum Gasteiger partial charge on any atom is 0.321 e. The van der Waals surface area contributed by atoms with E-state index in [1.165, 1.54) is 0 Å². The third-order valence-corrected chi connectivity index (χ3v) is 4.48. The second-order valence-electron chi connectivity index (χ2n) is 6.36. The van der Waals surface area contributed by atoms with Crippen LogP contribution in [0.15, 0.2) is 36.5 Å². The van der Waals surface area contributed by atoms with Crippen molar-refractivity contribution in [1.82, 2.24) is 20.0 Å². The van der Waals surface area contributed by atoms with Gasteiger partial charge in [-0.05, 0) is 25.1 Å². The van der Waals surface area contributed by atoms with Gasteiger partial charge in [-0.1, -0.05) is 12.1 Å². The van der Waals surface area contributed by atoms with Crippen molar-refractivity contribution in [2.45, 2.75) is 13.3 Å². The number of anilines is 1. The number of rotatable bonds is 5. The van der Waals surface area contributed by atoms with Crippen LogP contribution in [-0.2, 0) is 4.79 Å². The van der Waals surface area contributed by atoms with Gasteiger partial charge in [0.15, 0.2) is 0 Å². The molecule has 1 aromatic carbocycles. The number of benzene rings is 1. The van der Waals surface area contributed by atoms with Gasteiger partial charge in [-0.3, -0.25) is 9.89 Å². The highest BCUT2D eigenvalue weighted by Crippen LogP contribution is 2.21. The molecule has 0 spiro atoms. The van der Waals surface area contributed by atoms with Crippen LogP contribution in [0.2, 0.25) is 0 Å². The summed E-state index contributed by atoms with van der Waals surface area (Å²) in [6.07, 6.45) is 2.21. The first-order valence-electron chi connectivity index (χ1n) is 8.46. The summed E-state index contributed by atoms with van der Waals surface area (Å²) in [5.41, 5.74) is 2.58. The van der Waals surface area contributed by atoms with Crippen molar-refractivity contribution in [2.75, 3.05) is 32.0 Å². The van der Waals surface area contributed by atoms with Crippen molar-refractivity contribution >= 4 is 17.6 Å². The topological polar surface area (TPSA) is 81.3 Å². The highest BCUT2D eigenvalue weighted by atomic mass is 16.2. The Morgan fingerprint density at radius 1 is 1.44 bits per heavy atom. The Morgan fingerprint density at radius 2 is 2.28 bits per heavy atom. The molecule has 3 rings (SSSR count). The first kappa shape index (κ1) is 17.0. The lowest BCUT2D eigenvalue weighted by molar-refractivity contribution is -0.127. The van der Waals surface area contributed by atoms with Gasteiger partial charge >= 0.3 is 6.03 Å². The smallest absolute Gasteiger partial charge is 0.321 e. The molecular formula is C18H23N5O2. The van der Waals surface area contributed by atoms with Crippen LogP contribution in [0.5, 0.6) is 0 Å². The summed E-state index contributed by atoms with van der Waals surface area (Å²) in [6.45, 7) is 3.99. The fraction of sp³-hybridized carbons (Fsp3) is 0.389. The fourth-order valence-corrected chi connectivity index (χ4v) is 3.15. The SMILES string of the molecule is CCN1CC(CN(C)C(=O)Nc2cccc(-c3ccn[nH]3)c2)CC1=O. The number of carbonyl (C=O) groups is 2. The number of likely N-dealkylation sites (tertiary alicyclic amines) is 1. The van der Waals surface area contributed by atoms with Crippen molar-refractivity contribution in [3.63, 3.8) is 0 Å². The summed E-state index contributed by atoms with van der Waals surface area (Å²) in [4.78, 5) is 27.7. The zero-order valence-electron chi connectivity index (χ0n) is 14.5. The molecule has 0 bridgehead atoms. The Bertz CT molecular complexity index is 744. The maximum absolute atomic E-state index is 12.4. The Hall–Kier alpha value is -2.83. The van der Waals surface area contributed by atoms with E-state index in [1.54, 1.807) is 18.1 Å². The minimum Gasteiger partial charge on any atom is -0.343 e. The summed E-state index contributed by atoms with van der Waals surface area (Å²) in [5, 5.41) is 9.76. The van der Waals surface area contributed by atoms with Gasteiger partial charge in [-0.25, -0.2) is 4.79 Å². The molecule has 1 atom stereocenters. The molecule has 1 fully saturated rings. The predicted molar refractivity (Wildman–Crippen MR) is 96.0 cm³/mol. The van der Waals surface area contributed by atoms with E-state index in [0.717, 1.165) is 30.0 Å². The number of nitrogens with one attached hydrogen (secondary N) is 2. The highest BCUT2D eigenvalue weighted by Gasteiger charge is 2.29. The van der Waals surface area contributed by atoms with Crippen molar-refractivity contribution < 1.29 is 9.59 Å². The quantitative estimate of drug-likeness (QED) is 0.876. The van der Waals surface area contributed by atoms with Gasteiger partial charge in [0.2, 0.25) is 5.91 Å². The van der Waals surface area contributed by atoms with Gasteiger partial charge in [0.1, 0.15) is 0 Å². The molecule has 2 aromatic rings. The van der Waals surface area contributed by atoms with Crippen LogP contribution in [0, 0.1) is 5.92 Å². The summed E-state index contributed by atoms with van der Waals surface area (Å²) in [6, 6.07) is 9.30. The van der Waals surface area contributed by atoms with E-state index in [4.69, 9.17) is 0 Å². The number of aromatic nitrogens is 2. The molecule has 1 unspecified atom stereocenters. The van der Waals surface area contributed by atoms with E-state index >= 15 is 0 Å². The van der Waals surface area contributed by atoms with E-state index in [-0.39, 0.29) is 17.9 Å². The largest absolute Gasteiger partial charge is 0.343 e. The molecule has 25 heavy (non-hydrogen) atoms. The molecule has 7 heteroatoms. The number of nitrogens with zero attached hydrogens (tertiary/aromatic N) is 3. The summed E-state index contributed by atoms with van der Waals surface area (Å²) in [5.74, 6) is 0.369. The molecule has 7 nitrogen and oxygen atoms in total. The standard InChI is InChI=1S/C18H23N5O2/c1-3-23-12-13(9-17(23)24)11-22(2)18(25)20-15-6-4-5-14(10-15)16-7-8-19-21-16/h4-8,10,13H,3,9,11-12H2,1-2H3,(H,19,21)(H,20,25). The highest BCUT2D eigenvalue weighted by molar-refractivity contribution is 5.90. The van der Waals surface area contributed by atoms with Gasteiger partial charge in [0, 0.05) is 56.5 Å². The number of carbonyl (C=O) groups excluding carboxylic acids is 2. The number of hydrogen-bond donors (Lipinski definition) is 2. The molecule has 0 aliphatic carbocycles. The second kappa shape index (κ2) is 7.38. The van der Waals surface area contributed by atoms with Gasteiger partial charge in [0.05, 0.1) is 5.69 Å². The zero-order chi connectivity index (χ0) is 17.8. The Morgan fingerprint density at radius 3 is 2.96 bits per heavy atom. The number of aromatic amines is 1. The first-order valence-corrected chi connectivity index (χ1v) is 8.46. The lowest BCUT2D eigenvalue weighted by atomic mass is 10.1. The third-order valence-electron chi connectivity index (χ3n) is 4.48. The van der Waals surface area contributed by atoms with Gasteiger partial charge in [-0.2, -0.15) is 5.10 Å². The second-order valence-corrected chi connectivity index (χ2v) is 6.36. The minimum atomic E-state index is -0.177. The molecular weight excluding hydrogens is 318 g/mol. The van der Waals surface area contributed by atoms with Crippen molar-refractivity contribution in [3.05, 3.63) is 36.5 Å². The van der Waals surface area contributed by atoms with E-state index in [1.807, 2.05) is 42.2 Å². The van der Waals surface area contributed by atoms with Crippen LogP contribution in [0.3, 0.4) is 0 Å². The van der Waals surface area contributed by atoms with Crippen LogP contribution < -0.4 is 5.32 Å². The predicted octanol–water partition coefficient (Wildman–Crippen LogP) is 2.41. The van der Waals surface area contributed by atoms with E-state index < -0.39 is 0 Å². The third kappa shape index (κ3) is 3.99. The van der Waals surface area contributed by atoms with Crippen molar-refractivity contribution in [2.24, 2.45) is 5.92 Å². The lowest BCUT2D eigenvalue weighted by Crippen LogP contribution is -2.36. The minimum absolute atomic E-state index is 0.175. The van der Waals surface area contributed by atoms with Crippen LogP contribution in [0.1, 0.15) is 13.3 Å². The lowest BCUT2D eigenvalue weighted by Gasteiger charge is -2.22. The Labute approximate surface area is 147 Å². The van der Waals surface area contributed by atoms with E-state index in [2.05, 4.69) is 15.5 Å². The molecule has 1 aromatic heterocycles. The monoisotopic (exact) mass is 341 g/mol. The van der Waals surface area contributed by atoms with Crippen LogP contribution in [0.4, 0.5) is 10.5 Å². The Kier molecular flexibility index (Phi) is 5.02. The number of urea groups is 1. The molecule has 132 valence electrons. The average Bonchev–Trinajstić information content (AvgIpc) is 3.24. The van der Waals surface area contributed by atoms with Gasteiger partial charge in [0.25, 0.3) is 0 Å². The zero-order valence-corrected chi connectivity index (χ0v) is 14.5. The van der Waals surface area contributed by atoms with Crippen LogP contribution in [-0.4, -0.2) is 58.6 Å². The van der Waals surface area contributed by atoms with E-state index in [9.17, 15) is 9.59 Å². The van der Waals surface area contributed by atoms with E-state index in [0.29, 0.717) is 13.0 Å². The molecule has 1 aliphatic heterocycles. The van der Waals surface area contributed by atoms with Gasteiger partial charge in [-0.15, -0.1) is 0 Å². The molecule has 0 saturated carbocycles. The molecule has 1 aliphatic rings. The molecule has 2 heterocycles. The number of hydrogen-bond acceptors (Lipinski definition) is 3. The maximum atomic E-state index is 12.4. The molecule has 3 amide bonds. The first-order chi connectivity index (χ1) is 12.1. The van der Waals surface area contributed by atoms with Crippen LogP contribution >= 0.6 is 0 Å².